The maximum Gasteiger partial charge on any atom is 0.415 e. The van der Waals surface area contributed by atoms with Gasteiger partial charge in [-0.2, -0.15) is 4.98 Å². The van der Waals surface area contributed by atoms with Crippen molar-refractivity contribution < 1.29 is 22.7 Å². The standard InChI is InChI=1S/C19H17N5O5S/c1-28-15-5-3-13-16-11(8-22-17(13)23-15)10-29-18(25)24(16)19(6-7-19)14-4-2-12(9-21-14)30(20,26)27/h2-5,8-9H,6-7,10H2,1H3,(H2,20,26,27). The minimum absolute atomic E-state index is 0.0883. The molecule has 154 valence electrons. The molecule has 0 radical (unpaired) electrons. The van der Waals surface area contributed by atoms with Crippen LogP contribution in [0.3, 0.4) is 0 Å². The number of primary sulfonamides is 1. The zero-order valence-electron chi connectivity index (χ0n) is 15.9. The van der Waals surface area contributed by atoms with E-state index in [4.69, 9.17) is 14.6 Å². The molecule has 10 nitrogen and oxygen atoms in total. The van der Waals surface area contributed by atoms with Crippen molar-refractivity contribution in [3.05, 3.63) is 47.9 Å². The number of cyclic esters (lactones) is 1. The van der Waals surface area contributed by atoms with Crippen molar-refractivity contribution >= 4 is 32.8 Å². The van der Waals surface area contributed by atoms with Gasteiger partial charge in [-0.15, -0.1) is 0 Å². The molecule has 11 heteroatoms. The summed E-state index contributed by atoms with van der Waals surface area (Å²) in [6, 6.07) is 6.50. The van der Waals surface area contributed by atoms with Crippen molar-refractivity contribution in [3.63, 3.8) is 0 Å². The Morgan fingerprint density at radius 3 is 2.60 bits per heavy atom. The van der Waals surface area contributed by atoms with Crippen molar-refractivity contribution in [2.75, 3.05) is 12.0 Å². The van der Waals surface area contributed by atoms with E-state index >= 15 is 0 Å². The first-order chi connectivity index (χ1) is 14.3. The highest BCUT2D eigenvalue weighted by Crippen LogP contribution is 2.54. The largest absolute Gasteiger partial charge is 0.481 e. The van der Waals surface area contributed by atoms with Gasteiger partial charge in [0.2, 0.25) is 15.9 Å². The average Bonchev–Trinajstić information content (AvgIpc) is 3.54. The molecule has 1 saturated carbocycles. The summed E-state index contributed by atoms with van der Waals surface area (Å²) in [6.07, 6.45) is 3.64. The summed E-state index contributed by atoms with van der Waals surface area (Å²) in [7, 11) is -2.34. The predicted molar refractivity (Wildman–Crippen MR) is 105 cm³/mol. The zero-order valence-corrected chi connectivity index (χ0v) is 16.7. The summed E-state index contributed by atoms with van der Waals surface area (Å²) < 4.78 is 33.7. The molecular formula is C19H17N5O5S. The van der Waals surface area contributed by atoms with E-state index in [1.165, 1.54) is 19.4 Å². The van der Waals surface area contributed by atoms with Crippen molar-refractivity contribution in [2.24, 2.45) is 5.14 Å². The molecule has 5 rings (SSSR count). The van der Waals surface area contributed by atoms with Crippen LogP contribution in [0, 0.1) is 0 Å². The normalized spacial score (nSPS) is 17.4. The number of fused-ring (bicyclic) bond motifs is 3. The second-order valence-corrected chi connectivity index (χ2v) is 8.76. The molecule has 3 aromatic rings. The first kappa shape index (κ1) is 18.7. The van der Waals surface area contributed by atoms with E-state index in [9.17, 15) is 13.2 Å². The lowest BCUT2D eigenvalue weighted by Crippen LogP contribution is -2.44. The number of nitrogens with zero attached hydrogens (tertiary/aromatic N) is 4. The first-order valence-corrected chi connectivity index (χ1v) is 10.7. The third kappa shape index (κ3) is 2.77. The number of carbonyl (C=O) groups excluding carboxylic acids is 1. The molecule has 0 spiro atoms. The lowest BCUT2D eigenvalue weighted by atomic mass is 10.0. The fourth-order valence-corrected chi connectivity index (χ4v) is 4.25. The average molecular weight is 427 g/mol. The molecule has 4 heterocycles. The summed E-state index contributed by atoms with van der Waals surface area (Å²) in [5, 5.41) is 5.86. The van der Waals surface area contributed by atoms with Crippen LogP contribution >= 0.6 is 0 Å². The molecule has 0 unspecified atom stereocenters. The van der Waals surface area contributed by atoms with Crippen molar-refractivity contribution in [1.29, 1.82) is 0 Å². The molecule has 1 aliphatic carbocycles. The van der Waals surface area contributed by atoms with E-state index in [2.05, 4.69) is 15.0 Å². The summed E-state index contributed by atoms with van der Waals surface area (Å²) in [5.74, 6) is 0.418. The van der Waals surface area contributed by atoms with Crippen LogP contribution in [0.1, 0.15) is 24.1 Å². The number of aromatic nitrogens is 3. The zero-order chi connectivity index (χ0) is 21.1. The Morgan fingerprint density at radius 2 is 1.97 bits per heavy atom. The van der Waals surface area contributed by atoms with Crippen molar-refractivity contribution in [3.8, 4) is 5.88 Å². The molecule has 0 saturated heterocycles. The van der Waals surface area contributed by atoms with E-state index < -0.39 is 21.7 Å². The van der Waals surface area contributed by atoms with E-state index in [0.29, 0.717) is 41.1 Å². The Balaban J connectivity index is 1.67. The number of hydrogen-bond donors (Lipinski definition) is 1. The Labute approximate surface area is 171 Å². The van der Waals surface area contributed by atoms with Gasteiger partial charge in [-0.3, -0.25) is 9.88 Å². The topological polar surface area (TPSA) is 138 Å². The molecule has 2 N–H and O–H groups in total. The summed E-state index contributed by atoms with van der Waals surface area (Å²) in [4.78, 5) is 27.4. The molecule has 0 atom stereocenters. The molecule has 1 aliphatic heterocycles. The number of nitrogens with two attached hydrogens (primary N) is 1. The van der Waals surface area contributed by atoms with Gasteiger partial charge in [0.15, 0.2) is 5.65 Å². The third-order valence-corrected chi connectivity index (χ3v) is 6.31. The molecule has 1 fully saturated rings. The maximum atomic E-state index is 12.9. The minimum Gasteiger partial charge on any atom is -0.481 e. The first-order valence-electron chi connectivity index (χ1n) is 9.12. The molecule has 0 aromatic carbocycles. The van der Waals surface area contributed by atoms with Gasteiger partial charge < -0.3 is 9.47 Å². The predicted octanol–water partition coefficient (Wildman–Crippen LogP) is 1.83. The van der Waals surface area contributed by atoms with Gasteiger partial charge >= 0.3 is 6.09 Å². The third-order valence-electron chi connectivity index (χ3n) is 5.41. The number of pyridine rings is 3. The van der Waals surface area contributed by atoms with E-state index in [1.807, 2.05) is 6.07 Å². The van der Waals surface area contributed by atoms with Crippen LogP contribution in [0.5, 0.6) is 5.88 Å². The van der Waals surface area contributed by atoms with Gasteiger partial charge in [-0.25, -0.2) is 23.3 Å². The summed E-state index contributed by atoms with van der Waals surface area (Å²) in [6.45, 7) is 0.105. The Kier molecular flexibility index (Phi) is 3.95. The SMILES string of the molecule is COc1ccc2c3c(cnc2n1)COC(=O)N3C1(c2ccc(S(N)(=O)=O)cn2)CC1. The number of carbonyl (C=O) groups is 1. The second-order valence-electron chi connectivity index (χ2n) is 7.20. The minimum atomic E-state index is -3.86. The fraction of sp³-hybridized carbons (Fsp3) is 0.263. The van der Waals surface area contributed by atoms with Crippen LogP contribution in [0.4, 0.5) is 10.5 Å². The fourth-order valence-electron chi connectivity index (χ4n) is 3.79. The van der Waals surface area contributed by atoms with Crippen LogP contribution in [0.25, 0.3) is 11.0 Å². The van der Waals surface area contributed by atoms with Crippen LogP contribution in [-0.4, -0.2) is 36.6 Å². The Morgan fingerprint density at radius 1 is 1.17 bits per heavy atom. The quantitative estimate of drug-likeness (QED) is 0.665. The number of rotatable bonds is 4. The lowest BCUT2D eigenvalue weighted by Gasteiger charge is -2.36. The molecule has 30 heavy (non-hydrogen) atoms. The molecule has 0 bridgehead atoms. The van der Waals surface area contributed by atoms with Gasteiger partial charge in [0, 0.05) is 29.4 Å². The summed E-state index contributed by atoms with van der Waals surface area (Å²) in [5.41, 5.74) is 1.69. The second kappa shape index (κ2) is 6.34. The van der Waals surface area contributed by atoms with Gasteiger partial charge in [-0.1, -0.05) is 0 Å². The molecule has 3 aromatic heterocycles. The number of amides is 1. The number of ether oxygens (including phenoxy) is 2. The van der Waals surface area contributed by atoms with Gasteiger partial charge in [-0.05, 0) is 31.0 Å². The highest BCUT2D eigenvalue weighted by atomic mass is 32.2. The van der Waals surface area contributed by atoms with Crippen molar-refractivity contribution in [2.45, 2.75) is 29.9 Å². The van der Waals surface area contributed by atoms with Crippen LogP contribution in [0.15, 0.2) is 41.6 Å². The van der Waals surface area contributed by atoms with Gasteiger partial charge in [0.05, 0.1) is 24.0 Å². The lowest BCUT2D eigenvalue weighted by molar-refractivity contribution is 0.137. The summed E-state index contributed by atoms with van der Waals surface area (Å²) >= 11 is 0. The molecule has 2 aliphatic rings. The Hall–Kier alpha value is -3.31. The van der Waals surface area contributed by atoms with Gasteiger partial charge in [0.1, 0.15) is 11.5 Å². The number of sulfonamides is 1. The van der Waals surface area contributed by atoms with E-state index in [1.54, 1.807) is 23.2 Å². The Bertz CT molecular complexity index is 1290. The number of methoxy groups -OCH3 is 1. The molecular weight excluding hydrogens is 410 g/mol. The molecule has 1 amide bonds. The monoisotopic (exact) mass is 427 g/mol. The van der Waals surface area contributed by atoms with Gasteiger partial charge in [0.25, 0.3) is 0 Å². The van der Waals surface area contributed by atoms with Crippen LogP contribution in [0.2, 0.25) is 0 Å². The highest BCUT2D eigenvalue weighted by Gasteiger charge is 2.56. The van der Waals surface area contributed by atoms with Crippen molar-refractivity contribution in [1.82, 2.24) is 15.0 Å². The van der Waals surface area contributed by atoms with Crippen LogP contribution < -0.4 is 14.8 Å². The highest BCUT2D eigenvalue weighted by molar-refractivity contribution is 7.89. The number of hydrogen-bond acceptors (Lipinski definition) is 8. The smallest absolute Gasteiger partial charge is 0.415 e. The van der Waals surface area contributed by atoms with E-state index in [0.717, 1.165) is 5.56 Å². The van der Waals surface area contributed by atoms with E-state index in [-0.39, 0.29) is 11.5 Å². The maximum absolute atomic E-state index is 12.9. The van der Waals surface area contributed by atoms with Crippen LogP contribution in [-0.2, 0) is 26.9 Å². The number of anilines is 1.